The molecule has 0 aliphatic carbocycles. The number of hydrogen-bond donors (Lipinski definition) is 2. The number of nitrogens with one attached hydrogen (secondary N) is 2. The molecule has 174 valence electrons. The predicted molar refractivity (Wildman–Crippen MR) is 130 cm³/mol. The summed E-state index contributed by atoms with van der Waals surface area (Å²) in [4.78, 5) is 23.6. The molecule has 3 aromatic rings. The molecule has 0 bridgehead atoms. The second-order valence-electron chi connectivity index (χ2n) is 7.25. The molecule has 1 heterocycles. The second kappa shape index (κ2) is 12.0. The summed E-state index contributed by atoms with van der Waals surface area (Å²) in [5.74, 6) is 1.53. The van der Waals surface area contributed by atoms with Gasteiger partial charge in [-0.3, -0.25) is 0 Å². The van der Waals surface area contributed by atoms with Gasteiger partial charge in [-0.2, -0.15) is 4.98 Å². The zero-order valence-electron chi connectivity index (χ0n) is 18.9. The first-order chi connectivity index (χ1) is 16.0. The maximum Gasteiger partial charge on any atom is 0.327 e. The first-order valence-electron chi connectivity index (χ1n) is 10.6. The van der Waals surface area contributed by atoms with Crippen molar-refractivity contribution in [2.75, 3.05) is 30.5 Å². The zero-order valence-corrected chi connectivity index (χ0v) is 19.7. The molecule has 1 aromatic heterocycles. The number of anilines is 3. The van der Waals surface area contributed by atoms with Crippen LogP contribution < -0.4 is 20.3 Å². The number of ether oxygens (including phenoxy) is 2. The Kier molecular flexibility index (Phi) is 8.86. The molecule has 0 saturated carbocycles. The van der Waals surface area contributed by atoms with E-state index in [0.29, 0.717) is 35.7 Å². The molecule has 8 nitrogen and oxygen atoms in total. The summed E-state index contributed by atoms with van der Waals surface area (Å²) in [7, 11) is 1.63. The van der Waals surface area contributed by atoms with Gasteiger partial charge < -0.3 is 20.1 Å². The van der Waals surface area contributed by atoms with Gasteiger partial charge in [-0.15, -0.1) is 0 Å². The fraction of sp³-hybridized carbons (Fsp3) is 0.292. The lowest BCUT2D eigenvalue weighted by atomic mass is 10.2. The SMILES string of the molecule is CCOc1ccc(N(C(=O)NCc2ccccc2Cl)c2ccnc(N[C@@H](C)COC)n2)cc1. The van der Waals surface area contributed by atoms with Crippen molar-refractivity contribution in [2.45, 2.75) is 26.4 Å². The summed E-state index contributed by atoms with van der Waals surface area (Å²) in [6, 6.07) is 15.9. The highest BCUT2D eigenvalue weighted by atomic mass is 35.5. The number of urea groups is 1. The number of halogens is 1. The molecular weight excluding hydrogens is 442 g/mol. The third-order valence-corrected chi connectivity index (χ3v) is 5.03. The topological polar surface area (TPSA) is 88.6 Å². The first-order valence-corrected chi connectivity index (χ1v) is 11.0. The summed E-state index contributed by atoms with van der Waals surface area (Å²) < 4.78 is 10.7. The number of carbonyl (C=O) groups is 1. The number of hydrogen-bond acceptors (Lipinski definition) is 6. The van der Waals surface area contributed by atoms with E-state index in [-0.39, 0.29) is 18.6 Å². The Bertz CT molecular complexity index is 1050. The standard InChI is InChI=1S/C24H28ClN5O3/c1-4-33-20-11-9-19(10-12-20)30(24(31)27-15-18-7-5-6-8-21(18)25)22-13-14-26-23(29-22)28-17(2)16-32-3/h5-14,17H,4,15-16H2,1-3H3,(H,27,31)(H,26,28,29)/t17-/m0/s1. The Morgan fingerprint density at radius 1 is 1.15 bits per heavy atom. The van der Waals surface area contributed by atoms with Gasteiger partial charge in [-0.1, -0.05) is 29.8 Å². The third kappa shape index (κ3) is 6.81. The molecule has 2 amide bonds. The molecular formula is C24H28ClN5O3. The second-order valence-corrected chi connectivity index (χ2v) is 7.66. The number of aromatic nitrogens is 2. The van der Waals surface area contributed by atoms with Crippen molar-refractivity contribution in [3.8, 4) is 5.75 Å². The molecule has 0 saturated heterocycles. The number of benzene rings is 2. The Morgan fingerprint density at radius 2 is 1.91 bits per heavy atom. The molecule has 0 aliphatic heterocycles. The van der Waals surface area contributed by atoms with Gasteiger partial charge in [0.15, 0.2) is 0 Å². The van der Waals surface area contributed by atoms with Gasteiger partial charge in [-0.25, -0.2) is 14.7 Å². The van der Waals surface area contributed by atoms with Crippen LogP contribution in [0.5, 0.6) is 5.75 Å². The van der Waals surface area contributed by atoms with E-state index in [9.17, 15) is 4.79 Å². The maximum absolute atomic E-state index is 13.3. The molecule has 0 fully saturated rings. The van der Waals surface area contributed by atoms with Crippen LogP contribution in [0.2, 0.25) is 5.02 Å². The van der Waals surface area contributed by atoms with Crippen molar-refractivity contribution in [2.24, 2.45) is 0 Å². The number of carbonyl (C=O) groups excluding carboxylic acids is 1. The zero-order chi connectivity index (χ0) is 23.6. The number of rotatable bonds is 10. The van der Waals surface area contributed by atoms with Crippen molar-refractivity contribution >= 4 is 35.1 Å². The van der Waals surface area contributed by atoms with Gasteiger partial charge in [0.1, 0.15) is 11.6 Å². The smallest absolute Gasteiger partial charge is 0.327 e. The molecule has 2 aromatic carbocycles. The lowest BCUT2D eigenvalue weighted by Gasteiger charge is -2.23. The monoisotopic (exact) mass is 469 g/mol. The van der Waals surface area contributed by atoms with E-state index in [1.54, 1.807) is 25.4 Å². The summed E-state index contributed by atoms with van der Waals surface area (Å²) in [5.41, 5.74) is 1.45. The van der Waals surface area contributed by atoms with Crippen molar-refractivity contribution in [1.82, 2.24) is 15.3 Å². The molecule has 0 aliphatic rings. The largest absolute Gasteiger partial charge is 0.494 e. The van der Waals surface area contributed by atoms with E-state index in [4.69, 9.17) is 21.1 Å². The first kappa shape index (κ1) is 24.3. The summed E-state index contributed by atoms with van der Waals surface area (Å²) in [6.45, 7) is 5.20. The van der Waals surface area contributed by atoms with Crippen LogP contribution >= 0.6 is 11.6 Å². The number of methoxy groups -OCH3 is 1. The fourth-order valence-corrected chi connectivity index (χ4v) is 3.36. The molecule has 0 unspecified atom stereocenters. The van der Waals surface area contributed by atoms with Gasteiger partial charge in [0, 0.05) is 37.0 Å². The Hall–Kier alpha value is -3.36. The lowest BCUT2D eigenvalue weighted by molar-refractivity contribution is 0.190. The highest BCUT2D eigenvalue weighted by Gasteiger charge is 2.21. The van der Waals surface area contributed by atoms with Crippen LogP contribution in [0, 0.1) is 0 Å². The molecule has 0 spiro atoms. The molecule has 0 radical (unpaired) electrons. The lowest BCUT2D eigenvalue weighted by Crippen LogP contribution is -2.37. The van der Waals surface area contributed by atoms with E-state index in [2.05, 4.69) is 20.6 Å². The maximum atomic E-state index is 13.3. The molecule has 33 heavy (non-hydrogen) atoms. The van der Waals surface area contributed by atoms with Crippen LogP contribution in [0.15, 0.2) is 60.8 Å². The number of amides is 2. The Balaban J connectivity index is 1.88. The summed E-state index contributed by atoms with van der Waals surface area (Å²) in [6.07, 6.45) is 1.60. The minimum Gasteiger partial charge on any atom is -0.494 e. The highest BCUT2D eigenvalue weighted by Crippen LogP contribution is 2.27. The van der Waals surface area contributed by atoms with E-state index in [0.717, 1.165) is 11.3 Å². The molecule has 2 N–H and O–H groups in total. The van der Waals surface area contributed by atoms with Gasteiger partial charge in [0.05, 0.1) is 18.9 Å². The Labute approximate surface area is 198 Å². The van der Waals surface area contributed by atoms with Gasteiger partial charge in [0.2, 0.25) is 5.95 Å². The molecule has 1 atom stereocenters. The minimum absolute atomic E-state index is 0.00164. The van der Waals surface area contributed by atoms with Crippen LogP contribution in [0.3, 0.4) is 0 Å². The summed E-state index contributed by atoms with van der Waals surface area (Å²) >= 11 is 6.25. The quantitative estimate of drug-likeness (QED) is 0.433. The van der Waals surface area contributed by atoms with E-state index < -0.39 is 0 Å². The number of nitrogens with zero attached hydrogens (tertiary/aromatic N) is 3. The van der Waals surface area contributed by atoms with Crippen LogP contribution in [-0.2, 0) is 11.3 Å². The summed E-state index contributed by atoms with van der Waals surface area (Å²) in [5, 5.41) is 6.69. The van der Waals surface area contributed by atoms with Crippen molar-refractivity contribution in [3.05, 3.63) is 71.4 Å². The Morgan fingerprint density at radius 3 is 2.61 bits per heavy atom. The van der Waals surface area contributed by atoms with Crippen molar-refractivity contribution < 1.29 is 14.3 Å². The molecule has 3 rings (SSSR count). The van der Waals surface area contributed by atoms with Gasteiger partial charge >= 0.3 is 6.03 Å². The minimum atomic E-state index is -0.353. The van der Waals surface area contributed by atoms with Crippen LogP contribution in [0.4, 0.5) is 22.2 Å². The van der Waals surface area contributed by atoms with Gasteiger partial charge in [0.25, 0.3) is 0 Å². The fourth-order valence-electron chi connectivity index (χ4n) is 3.16. The highest BCUT2D eigenvalue weighted by molar-refractivity contribution is 6.31. The normalized spacial score (nSPS) is 11.5. The van der Waals surface area contributed by atoms with Gasteiger partial charge in [-0.05, 0) is 49.7 Å². The van der Waals surface area contributed by atoms with E-state index >= 15 is 0 Å². The third-order valence-electron chi connectivity index (χ3n) is 4.66. The van der Waals surface area contributed by atoms with E-state index in [1.807, 2.05) is 56.3 Å². The predicted octanol–water partition coefficient (Wildman–Crippen LogP) is 5.02. The van der Waals surface area contributed by atoms with Crippen molar-refractivity contribution in [1.29, 1.82) is 0 Å². The molecule has 9 heteroatoms. The average Bonchev–Trinajstić information content (AvgIpc) is 2.80. The van der Waals surface area contributed by atoms with E-state index in [1.165, 1.54) is 4.90 Å². The average molecular weight is 470 g/mol. The van der Waals surface area contributed by atoms with Crippen molar-refractivity contribution in [3.63, 3.8) is 0 Å². The van der Waals surface area contributed by atoms with Crippen LogP contribution in [0.25, 0.3) is 0 Å². The van der Waals surface area contributed by atoms with Crippen LogP contribution in [0.1, 0.15) is 19.4 Å². The van der Waals surface area contributed by atoms with Crippen LogP contribution in [-0.4, -0.2) is 42.4 Å².